The van der Waals surface area contributed by atoms with Crippen LogP contribution in [0, 0.1) is 17.8 Å². The lowest BCUT2D eigenvalue weighted by Crippen LogP contribution is -2.32. The minimum Gasteiger partial charge on any atom is -0.455 e. The van der Waals surface area contributed by atoms with Gasteiger partial charge in [-0.1, -0.05) is 92.6 Å². The Morgan fingerprint density at radius 1 is 0.707 bits per heavy atom. The van der Waals surface area contributed by atoms with Crippen LogP contribution in [0.1, 0.15) is 84.6 Å². The zero-order valence-electron chi connectivity index (χ0n) is 27.0. The maximum Gasteiger partial charge on any atom is 0.228 e. The second kappa shape index (κ2) is 9.05. The van der Waals surface area contributed by atoms with E-state index in [-0.39, 0.29) is 16.2 Å². The Balaban J connectivity index is 1.73. The van der Waals surface area contributed by atoms with Gasteiger partial charge in [0.25, 0.3) is 0 Å². The third-order valence-corrected chi connectivity index (χ3v) is 8.65. The molecule has 0 fully saturated rings. The zero-order valence-corrected chi connectivity index (χ0v) is 27.0. The summed E-state index contributed by atoms with van der Waals surface area (Å²) in [5.41, 5.74) is 8.32. The number of hydrogen-bond donors (Lipinski definition) is 0. The topological polar surface area (TPSA) is 13.1 Å². The number of ether oxygens (including phenoxy) is 1. The maximum absolute atomic E-state index is 7.07. The monoisotopic (exact) mass is 544 g/mol. The number of benzene rings is 4. The van der Waals surface area contributed by atoms with E-state index in [1.165, 1.54) is 65.8 Å². The molecule has 0 saturated carbocycles. The summed E-state index contributed by atoms with van der Waals surface area (Å²) >= 11 is 0. The quantitative estimate of drug-likeness (QED) is 0.156. The highest BCUT2D eigenvalue weighted by Crippen LogP contribution is 2.53. The molecule has 41 heavy (non-hydrogen) atoms. The Morgan fingerprint density at radius 3 is 2.07 bits per heavy atom. The molecule has 1 aliphatic heterocycles. The summed E-state index contributed by atoms with van der Waals surface area (Å²) < 4.78 is 9.38. The minimum absolute atomic E-state index is 0.0871. The van der Waals surface area contributed by atoms with Crippen LogP contribution < -0.4 is 9.30 Å². The molecule has 5 aromatic rings. The van der Waals surface area contributed by atoms with Crippen LogP contribution in [0.5, 0.6) is 11.5 Å². The highest BCUT2D eigenvalue weighted by molar-refractivity contribution is 6.16. The lowest BCUT2D eigenvalue weighted by atomic mass is 9.80. The Bertz CT molecular complexity index is 1870. The van der Waals surface area contributed by atoms with Crippen molar-refractivity contribution >= 4 is 32.3 Å². The van der Waals surface area contributed by atoms with Crippen LogP contribution in [0.15, 0.2) is 54.7 Å². The highest BCUT2D eigenvalue weighted by atomic mass is 16.5. The summed E-state index contributed by atoms with van der Waals surface area (Å²) in [4.78, 5) is 0. The fraction of sp³-hybridized carbons (Fsp3) is 0.410. The van der Waals surface area contributed by atoms with Crippen molar-refractivity contribution in [1.29, 1.82) is 0 Å². The van der Waals surface area contributed by atoms with Gasteiger partial charge in [0.2, 0.25) is 5.69 Å². The van der Waals surface area contributed by atoms with E-state index < -0.39 is 0 Å². The van der Waals surface area contributed by atoms with Crippen molar-refractivity contribution in [3.63, 3.8) is 0 Å². The number of aromatic nitrogens is 1. The van der Waals surface area contributed by atoms with Crippen molar-refractivity contribution in [3.8, 4) is 22.8 Å². The Hall–Kier alpha value is -3.39. The number of hydrogen-bond acceptors (Lipinski definition) is 1. The first-order valence-corrected chi connectivity index (χ1v) is 15.2. The van der Waals surface area contributed by atoms with Gasteiger partial charge in [0, 0.05) is 17.0 Å². The summed E-state index contributed by atoms with van der Waals surface area (Å²) in [6, 6.07) is 18.6. The van der Waals surface area contributed by atoms with E-state index in [1.807, 2.05) is 0 Å². The molecule has 1 aliphatic rings. The summed E-state index contributed by atoms with van der Waals surface area (Å²) in [6.45, 7) is 23.1. The van der Waals surface area contributed by atoms with Crippen LogP contribution in [-0.4, -0.2) is 0 Å². The van der Waals surface area contributed by atoms with Crippen molar-refractivity contribution in [3.05, 3.63) is 77.0 Å². The van der Waals surface area contributed by atoms with Gasteiger partial charge < -0.3 is 4.74 Å². The molecule has 0 bridgehead atoms. The molecule has 0 aliphatic carbocycles. The highest BCUT2D eigenvalue weighted by Gasteiger charge is 2.34. The van der Waals surface area contributed by atoms with E-state index in [0.717, 1.165) is 24.3 Å². The Morgan fingerprint density at radius 2 is 1.41 bits per heavy atom. The van der Waals surface area contributed by atoms with Crippen molar-refractivity contribution < 1.29 is 9.30 Å². The first-order chi connectivity index (χ1) is 19.0. The Labute approximate surface area is 246 Å². The molecule has 4 aromatic carbocycles. The van der Waals surface area contributed by atoms with Gasteiger partial charge in [0.05, 0.1) is 10.9 Å². The average Bonchev–Trinajstić information content (AvgIpc) is 2.85. The lowest BCUT2D eigenvalue weighted by molar-refractivity contribution is -0.659. The van der Waals surface area contributed by atoms with Crippen LogP contribution in [-0.2, 0) is 25.3 Å². The van der Waals surface area contributed by atoms with Gasteiger partial charge in [-0.25, -0.2) is 4.57 Å². The molecule has 0 radical (unpaired) electrons. The van der Waals surface area contributed by atoms with Crippen molar-refractivity contribution in [1.82, 2.24) is 0 Å². The molecule has 0 spiro atoms. The van der Waals surface area contributed by atoms with E-state index >= 15 is 0 Å². The van der Waals surface area contributed by atoms with Crippen LogP contribution in [0.2, 0.25) is 0 Å². The third-order valence-electron chi connectivity index (χ3n) is 8.65. The second-order valence-electron chi connectivity index (χ2n) is 15.9. The largest absolute Gasteiger partial charge is 0.455 e. The first kappa shape index (κ1) is 27.8. The lowest BCUT2D eigenvalue weighted by Gasteiger charge is -2.29. The van der Waals surface area contributed by atoms with Crippen LogP contribution >= 0.6 is 0 Å². The van der Waals surface area contributed by atoms with E-state index in [9.17, 15) is 0 Å². The van der Waals surface area contributed by atoms with Crippen molar-refractivity contribution in [2.45, 2.75) is 87.5 Å². The molecule has 0 N–H and O–H groups in total. The van der Waals surface area contributed by atoms with Gasteiger partial charge in [-0.3, -0.25) is 0 Å². The predicted octanol–water partition coefficient (Wildman–Crippen LogP) is 10.5. The average molecular weight is 545 g/mol. The van der Waals surface area contributed by atoms with E-state index in [2.05, 4.69) is 136 Å². The molecule has 0 atom stereocenters. The predicted molar refractivity (Wildman–Crippen MR) is 175 cm³/mol. The van der Waals surface area contributed by atoms with E-state index in [0.29, 0.717) is 0 Å². The van der Waals surface area contributed by atoms with E-state index in [4.69, 9.17) is 4.74 Å². The van der Waals surface area contributed by atoms with Gasteiger partial charge in [0.1, 0.15) is 18.5 Å². The molecule has 2 heteroatoms. The molecular weight excluding hydrogens is 498 g/mol. The molecule has 0 saturated heterocycles. The fourth-order valence-electron chi connectivity index (χ4n) is 6.78. The number of nitrogens with zero attached hydrogens (tertiary/aromatic N) is 1. The van der Waals surface area contributed by atoms with Crippen LogP contribution in [0.25, 0.3) is 43.6 Å². The molecule has 1 aromatic heterocycles. The standard InChI is InChI=1S/C39H46NO/c1-23-29-18-24(21-37(2,3)4)12-15-27(29)31(22-38(5,6)7)36-33(23)35-34-28(16-17-40(35)11)30-20-26(39(8,9)10)14-13-25(30)19-32(34)41-36/h12-20H,21-22H2,1-11H3/q+1. The molecule has 2 nitrogen and oxygen atoms in total. The summed E-state index contributed by atoms with van der Waals surface area (Å²) in [6.07, 6.45) is 4.24. The minimum atomic E-state index is 0.0871. The molecule has 212 valence electrons. The summed E-state index contributed by atoms with van der Waals surface area (Å²) in [5.74, 6) is 2.00. The van der Waals surface area contributed by atoms with Crippen LogP contribution in [0.4, 0.5) is 0 Å². The normalized spacial score (nSPS) is 13.6. The molecule has 6 rings (SSSR count). The van der Waals surface area contributed by atoms with Gasteiger partial charge in [0.15, 0.2) is 6.20 Å². The SMILES string of the molecule is Cc1c2c(c(CC(C)(C)C)c3ccc(CC(C)(C)C)cc13)Oc1cc3ccc(C(C)(C)C)cc3c3cc[n+](C)c-2c13. The number of rotatable bonds is 2. The maximum atomic E-state index is 7.07. The third kappa shape index (κ3) is 4.80. The van der Waals surface area contributed by atoms with E-state index in [1.54, 1.807) is 0 Å². The summed E-state index contributed by atoms with van der Waals surface area (Å²) in [7, 11) is 2.19. The van der Waals surface area contributed by atoms with Gasteiger partial charge in [-0.05, 0) is 86.4 Å². The van der Waals surface area contributed by atoms with Crippen molar-refractivity contribution in [2.75, 3.05) is 0 Å². The molecule has 0 unspecified atom stereocenters. The smallest absolute Gasteiger partial charge is 0.228 e. The molecule has 2 heterocycles. The first-order valence-electron chi connectivity index (χ1n) is 15.2. The molecule has 0 amide bonds. The summed E-state index contributed by atoms with van der Waals surface area (Å²) in [5, 5.41) is 7.68. The Kier molecular flexibility index (Phi) is 6.13. The van der Waals surface area contributed by atoms with Gasteiger partial charge in [-0.15, -0.1) is 0 Å². The second-order valence-corrected chi connectivity index (χ2v) is 15.9. The zero-order chi connectivity index (χ0) is 29.6. The van der Waals surface area contributed by atoms with Crippen LogP contribution in [0.3, 0.4) is 0 Å². The number of fused-ring (bicyclic) bond motifs is 5. The van der Waals surface area contributed by atoms with Gasteiger partial charge in [-0.2, -0.15) is 0 Å². The fourth-order valence-corrected chi connectivity index (χ4v) is 6.78. The van der Waals surface area contributed by atoms with Gasteiger partial charge >= 0.3 is 0 Å². The number of pyridine rings is 1. The number of aryl methyl sites for hydroxylation is 2. The molecular formula is C39H46NO+. The van der Waals surface area contributed by atoms with Crippen molar-refractivity contribution in [2.24, 2.45) is 17.9 Å².